The van der Waals surface area contributed by atoms with Crippen LogP contribution < -0.4 is 10.5 Å². The van der Waals surface area contributed by atoms with Gasteiger partial charge in [0.1, 0.15) is 5.75 Å². The Morgan fingerprint density at radius 3 is 2.08 bits per heavy atom. The van der Waals surface area contributed by atoms with Crippen LogP contribution in [0.4, 0.5) is 0 Å². The van der Waals surface area contributed by atoms with Crippen molar-refractivity contribution in [2.75, 3.05) is 0 Å². The minimum absolute atomic E-state index is 0.143. The Hall–Kier alpha value is -1.14. The van der Waals surface area contributed by atoms with E-state index in [2.05, 4.69) is 4.74 Å². The van der Waals surface area contributed by atoms with Crippen LogP contribution in [0.2, 0.25) is 0 Å². The number of nitrogens with two attached hydrogens (primary N) is 1. The highest BCUT2D eigenvalue weighted by molar-refractivity contribution is 5.27. The molecule has 0 fully saturated rings. The highest BCUT2D eigenvalue weighted by atomic mass is 16.9. The number of rotatable bonds is 3. The average molecular weight is 185 g/mol. The molecule has 5 N–H and O–H groups in total. The van der Waals surface area contributed by atoms with Gasteiger partial charge in [-0.3, -0.25) is 0 Å². The van der Waals surface area contributed by atoms with Gasteiger partial charge < -0.3 is 25.8 Å². The highest BCUT2D eigenvalue weighted by Crippen LogP contribution is 2.14. The minimum Gasteiger partial charge on any atom is -0.417 e. The number of ether oxygens (including phenoxy) is 1. The molecule has 0 spiro atoms. The monoisotopic (exact) mass is 185 g/mol. The molecular formula is C8H11NO4. The maximum Gasteiger partial charge on any atom is 0.453 e. The molecule has 72 valence electrons. The van der Waals surface area contributed by atoms with E-state index < -0.39 is 6.16 Å². The van der Waals surface area contributed by atoms with Gasteiger partial charge >= 0.3 is 6.16 Å². The summed E-state index contributed by atoms with van der Waals surface area (Å²) in [5, 5.41) is 25.4. The van der Waals surface area contributed by atoms with Crippen molar-refractivity contribution in [1.29, 1.82) is 0 Å². The van der Waals surface area contributed by atoms with Crippen molar-refractivity contribution in [2.45, 2.75) is 12.7 Å². The molecule has 0 aliphatic heterocycles. The van der Waals surface area contributed by atoms with Crippen molar-refractivity contribution in [3.05, 3.63) is 29.8 Å². The summed E-state index contributed by atoms with van der Waals surface area (Å²) >= 11 is 0. The molecule has 0 radical (unpaired) electrons. The molecule has 0 amide bonds. The van der Waals surface area contributed by atoms with E-state index in [1.54, 1.807) is 12.1 Å². The third-order valence-corrected chi connectivity index (χ3v) is 1.41. The van der Waals surface area contributed by atoms with E-state index >= 15 is 0 Å². The predicted octanol–water partition coefficient (Wildman–Crippen LogP) is -0.888. The van der Waals surface area contributed by atoms with Crippen LogP contribution in [0, 0.1) is 0 Å². The molecule has 1 rings (SSSR count). The maximum absolute atomic E-state index is 8.46. The lowest BCUT2D eigenvalue weighted by molar-refractivity contribution is -0.419. The van der Waals surface area contributed by atoms with Gasteiger partial charge in [0.15, 0.2) is 0 Å². The van der Waals surface area contributed by atoms with Crippen molar-refractivity contribution in [1.82, 2.24) is 0 Å². The van der Waals surface area contributed by atoms with Crippen LogP contribution in [0.3, 0.4) is 0 Å². The van der Waals surface area contributed by atoms with Crippen LogP contribution in [0.15, 0.2) is 24.3 Å². The Morgan fingerprint density at radius 2 is 1.69 bits per heavy atom. The Balaban J connectivity index is 2.70. The van der Waals surface area contributed by atoms with E-state index in [9.17, 15) is 0 Å². The summed E-state index contributed by atoms with van der Waals surface area (Å²) in [6.07, 6.45) is -3.13. The quantitative estimate of drug-likeness (QED) is 0.458. The molecule has 0 unspecified atom stereocenters. The van der Waals surface area contributed by atoms with Crippen molar-refractivity contribution in [2.24, 2.45) is 5.73 Å². The second-order valence-electron chi connectivity index (χ2n) is 2.52. The van der Waals surface area contributed by atoms with Gasteiger partial charge in [-0.25, -0.2) is 0 Å². The third-order valence-electron chi connectivity index (χ3n) is 1.41. The van der Waals surface area contributed by atoms with Gasteiger partial charge in [0.05, 0.1) is 0 Å². The van der Waals surface area contributed by atoms with Gasteiger partial charge in [0.25, 0.3) is 0 Å². The lowest BCUT2D eigenvalue weighted by Gasteiger charge is -2.15. The van der Waals surface area contributed by atoms with Crippen LogP contribution in [0.25, 0.3) is 0 Å². The second kappa shape index (κ2) is 3.71. The Labute approximate surface area is 75.0 Å². The molecule has 0 aliphatic carbocycles. The summed E-state index contributed by atoms with van der Waals surface area (Å²) in [5.74, 6) is 0.143. The van der Waals surface area contributed by atoms with Gasteiger partial charge in [-0.1, -0.05) is 12.1 Å². The number of hydrogen-bond donors (Lipinski definition) is 4. The lowest BCUT2D eigenvalue weighted by atomic mass is 10.2. The van der Waals surface area contributed by atoms with Gasteiger partial charge in [-0.15, -0.1) is 0 Å². The van der Waals surface area contributed by atoms with E-state index in [1.165, 1.54) is 12.1 Å². The number of benzene rings is 1. The molecule has 5 heteroatoms. The number of hydrogen-bond acceptors (Lipinski definition) is 5. The van der Waals surface area contributed by atoms with Crippen LogP contribution in [0.5, 0.6) is 5.75 Å². The van der Waals surface area contributed by atoms with Gasteiger partial charge in [0, 0.05) is 6.54 Å². The van der Waals surface area contributed by atoms with E-state index in [0.717, 1.165) is 5.56 Å². The Bertz CT molecular complexity index is 264. The van der Waals surface area contributed by atoms with Crippen LogP contribution in [-0.2, 0) is 6.54 Å². The fourth-order valence-electron chi connectivity index (χ4n) is 0.852. The summed E-state index contributed by atoms with van der Waals surface area (Å²) < 4.78 is 4.33. The molecule has 0 aliphatic rings. The normalized spacial score (nSPS) is 11.4. The molecule has 13 heavy (non-hydrogen) atoms. The maximum atomic E-state index is 8.46. The first-order chi connectivity index (χ1) is 6.01. The van der Waals surface area contributed by atoms with E-state index in [1.807, 2.05) is 0 Å². The minimum atomic E-state index is -3.13. The fourth-order valence-corrected chi connectivity index (χ4v) is 0.852. The molecule has 0 atom stereocenters. The fraction of sp³-hybridized carbons (Fsp3) is 0.250. The van der Waals surface area contributed by atoms with Gasteiger partial charge in [0.2, 0.25) is 0 Å². The van der Waals surface area contributed by atoms with E-state index in [-0.39, 0.29) is 5.75 Å². The number of aliphatic hydroxyl groups is 3. The Morgan fingerprint density at radius 1 is 1.15 bits per heavy atom. The summed E-state index contributed by atoms with van der Waals surface area (Å²) in [6.45, 7) is 0.392. The largest absolute Gasteiger partial charge is 0.453 e. The summed E-state index contributed by atoms with van der Waals surface area (Å²) in [5.41, 5.74) is 6.22. The van der Waals surface area contributed by atoms with Crippen LogP contribution >= 0.6 is 0 Å². The third kappa shape index (κ3) is 3.39. The molecule has 5 nitrogen and oxygen atoms in total. The topological polar surface area (TPSA) is 95.9 Å². The average Bonchev–Trinajstić information content (AvgIpc) is 2.03. The van der Waals surface area contributed by atoms with Gasteiger partial charge in [-0.05, 0) is 17.7 Å². The zero-order chi connectivity index (χ0) is 9.90. The second-order valence-corrected chi connectivity index (χ2v) is 2.52. The zero-order valence-corrected chi connectivity index (χ0v) is 6.84. The van der Waals surface area contributed by atoms with E-state index in [0.29, 0.717) is 6.54 Å². The first-order valence-electron chi connectivity index (χ1n) is 3.66. The Kier molecular flexibility index (Phi) is 2.84. The standard InChI is InChI=1S/C8H11NO4/c9-5-6-1-3-7(4-2-6)13-8(10,11)12/h1-4,10-12H,5,9H2. The molecule has 1 aromatic carbocycles. The molecule has 1 aromatic rings. The van der Waals surface area contributed by atoms with E-state index in [4.69, 9.17) is 21.1 Å². The van der Waals surface area contributed by atoms with Crippen molar-refractivity contribution < 1.29 is 20.1 Å². The zero-order valence-electron chi connectivity index (χ0n) is 6.84. The molecule has 0 bridgehead atoms. The van der Waals surface area contributed by atoms with Crippen LogP contribution in [-0.4, -0.2) is 21.5 Å². The predicted molar refractivity (Wildman–Crippen MR) is 44.3 cm³/mol. The smallest absolute Gasteiger partial charge is 0.417 e. The summed E-state index contributed by atoms with van der Waals surface area (Å²) in [6, 6.07) is 6.25. The van der Waals surface area contributed by atoms with Crippen LogP contribution in [0.1, 0.15) is 5.56 Å². The summed E-state index contributed by atoms with van der Waals surface area (Å²) in [4.78, 5) is 0. The molecule has 0 heterocycles. The first-order valence-corrected chi connectivity index (χ1v) is 3.66. The summed E-state index contributed by atoms with van der Waals surface area (Å²) in [7, 11) is 0. The van der Waals surface area contributed by atoms with Crippen molar-refractivity contribution in [3.63, 3.8) is 0 Å². The molecule has 0 saturated carbocycles. The SMILES string of the molecule is NCc1ccc(OC(O)(O)O)cc1. The molecule has 0 aromatic heterocycles. The van der Waals surface area contributed by atoms with Crippen molar-refractivity contribution in [3.8, 4) is 5.75 Å². The highest BCUT2D eigenvalue weighted by Gasteiger charge is 2.20. The lowest BCUT2D eigenvalue weighted by Crippen LogP contribution is -2.34. The molecular weight excluding hydrogens is 174 g/mol. The van der Waals surface area contributed by atoms with Crippen molar-refractivity contribution >= 4 is 0 Å². The first kappa shape index (κ1) is 9.94. The van der Waals surface area contributed by atoms with Gasteiger partial charge in [-0.2, -0.15) is 0 Å². The molecule has 0 saturated heterocycles.